The standard InChI is InChI=1S/2C19H25N3O3/c2*1-2-4-11-7-8-15-16-13(9-22(15)19(11)25)14(10-23)17(21-16)18(24)20-12-5-3-6-12/h2*2,4,7-8,12-14,16-17,21,23H,3,5-6,9-10H2,1H3,(H,20,24)/b4-2+;4-2-/t2*13-,14-,16+,17-/m11/s1. The SMILES string of the molecule is C/C=C/c1ccc2n(c1=O)C[C@@H]1[C@@H](CO)[C@H](C(=O)NC3CCC3)N[C@H]21.C/C=C\c1ccc2n(c1=O)C[C@@H]1[C@@H](CO)[C@H](C(=O)NC3CCC3)N[C@H]21. The maximum atomic E-state index is 12.6. The molecular formula is C38H50N6O6. The van der Waals surface area contributed by atoms with E-state index in [0.29, 0.717) is 24.2 Å². The van der Waals surface area contributed by atoms with E-state index in [1.54, 1.807) is 9.13 Å². The molecule has 0 bridgehead atoms. The minimum Gasteiger partial charge on any atom is -0.396 e. The number of allylic oxidation sites excluding steroid dienone is 2. The van der Waals surface area contributed by atoms with E-state index in [1.807, 2.05) is 62.4 Å². The van der Waals surface area contributed by atoms with Gasteiger partial charge in [-0.2, -0.15) is 0 Å². The molecule has 2 aromatic rings. The van der Waals surface area contributed by atoms with Crippen LogP contribution in [0.25, 0.3) is 12.2 Å². The Morgan fingerprint density at radius 1 is 0.720 bits per heavy atom. The summed E-state index contributed by atoms with van der Waals surface area (Å²) in [6.45, 7) is 4.77. The Kier molecular flexibility index (Phi) is 9.98. The van der Waals surface area contributed by atoms with Gasteiger partial charge in [0.1, 0.15) is 0 Å². The second-order valence-electron chi connectivity index (χ2n) is 14.8. The van der Waals surface area contributed by atoms with Gasteiger partial charge >= 0.3 is 0 Å². The fourth-order valence-electron chi connectivity index (χ4n) is 8.84. The zero-order valence-corrected chi connectivity index (χ0v) is 28.9. The normalized spacial score (nSPS) is 31.0. The van der Waals surface area contributed by atoms with Gasteiger partial charge in [-0.3, -0.25) is 29.8 Å². The Hall–Kier alpha value is -3.84. The largest absolute Gasteiger partial charge is 0.396 e. The van der Waals surface area contributed by atoms with Gasteiger partial charge < -0.3 is 30.0 Å². The summed E-state index contributed by atoms with van der Waals surface area (Å²) in [4.78, 5) is 50.5. The summed E-state index contributed by atoms with van der Waals surface area (Å²) in [5, 5.41) is 32.8. The molecule has 0 aromatic carbocycles. The fraction of sp³-hybridized carbons (Fsp3) is 0.579. The van der Waals surface area contributed by atoms with Crippen LogP contribution in [0.2, 0.25) is 0 Å². The van der Waals surface area contributed by atoms with E-state index >= 15 is 0 Å². The lowest BCUT2D eigenvalue weighted by Crippen LogP contribution is -2.51. The van der Waals surface area contributed by atoms with Crippen LogP contribution in [0.5, 0.6) is 0 Å². The Morgan fingerprint density at radius 2 is 1.12 bits per heavy atom. The van der Waals surface area contributed by atoms with Crippen LogP contribution in [0.1, 0.15) is 87.0 Å². The molecule has 2 aromatic heterocycles. The van der Waals surface area contributed by atoms with E-state index in [0.717, 1.165) is 37.1 Å². The molecule has 0 unspecified atom stereocenters. The molecule has 2 amide bonds. The summed E-state index contributed by atoms with van der Waals surface area (Å²) in [5.41, 5.74) is 3.18. The number of nitrogens with one attached hydrogen (secondary N) is 4. The van der Waals surface area contributed by atoms with Gasteiger partial charge in [0.25, 0.3) is 11.1 Å². The molecule has 8 rings (SSSR count). The lowest BCUT2D eigenvalue weighted by Gasteiger charge is -2.29. The van der Waals surface area contributed by atoms with Crippen LogP contribution in [-0.2, 0) is 22.7 Å². The molecular weight excluding hydrogens is 636 g/mol. The maximum absolute atomic E-state index is 12.6. The molecule has 6 N–H and O–H groups in total. The third-order valence-corrected chi connectivity index (χ3v) is 12.0. The smallest absolute Gasteiger partial charge is 0.258 e. The topological polar surface area (TPSA) is 167 Å². The number of hydrogen-bond acceptors (Lipinski definition) is 8. The summed E-state index contributed by atoms with van der Waals surface area (Å²) in [7, 11) is 0. The van der Waals surface area contributed by atoms with Gasteiger partial charge in [-0.05, 0) is 76.6 Å². The molecule has 2 saturated heterocycles. The van der Waals surface area contributed by atoms with Gasteiger partial charge in [0.2, 0.25) is 11.8 Å². The summed E-state index contributed by atoms with van der Waals surface area (Å²) >= 11 is 0. The van der Waals surface area contributed by atoms with Crippen molar-refractivity contribution >= 4 is 24.0 Å². The first-order valence-electron chi connectivity index (χ1n) is 18.3. The van der Waals surface area contributed by atoms with Crippen molar-refractivity contribution in [1.82, 2.24) is 30.4 Å². The van der Waals surface area contributed by atoms with Crippen LogP contribution in [0, 0.1) is 23.7 Å². The van der Waals surface area contributed by atoms with Crippen LogP contribution in [0.4, 0.5) is 0 Å². The summed E-state index contributed by atoms with van der Waals surface area (Å²) in [6, 6.07) is 7.30. The average molecular weight is 687 g/mol. The molecule has 12 nitrogen and oxygen atoms in total. The molecule has 6 aliphatic rings. The van der Waals surface area contributed by atoms with Crippen LogP contribution in [-0.4, -0.2) is 68.5 Å². The molecule has 2 aliphatic carbocycles. The molecule has 0 spiro atoms. The van der Waals surface area contributed by atoms with Crippen LogP contribution < -0.4 is 32.4 Å². The zero-order valence-electron chi connectivity index (χ0n) is 28.9. The first-order chi connectivity index (χ1) is 24.3. The van der Waals surface area contributed by atoms with Crippen LogP contribution in [0.3, 0.4) is 0 Å². The number of aliphatic hydroxyl groups is 2. The van der Waals surface area contributed by atoms with E-state index in [1.165, 1.54) is 12.8 Å². The summed E-state index contributed by atoms with van der Waals surface area (Å²) in [5.74, 6) is -0.245. The highest BCUT2D eigenvalue weighted by Gasteiger charge is 2.52. The van der Waals surface area contributed by atoms with Crippen molar-refractivity contribution in [3.63, 3.8) is 0 Å². The van der Waals surface area contributed by atoms with Crippen molar-refractivity contribution in [1.29, 1.82) is 0 Å². The van der Waals surface area contributed by atoms with Crippen molar-refractivity contribution in [2.24, 2.45) is 23.7 Å². The zero-order chi connectivity index (χ0) is 35.1. The first-order valence-corrected chi connectivity index (χ1v) is 18.3. The Balaban J connectivity index is 0.000000157. The second kappa shape index (κ2) is 14.4. The predicted octanol–water partition coefficient (Wildman–Crippen LogP) is 1.60. The van der Waals surface area contributed by atoms with Gasteiger partial charge in [-0.25, -0.2) is 0 Å². The molecule has 12 heteroatoms. The molecule has 6 heterocycles. The molecule has 4 fully saturated rings. The van der Waals surface area contributed by atoms with E-state index in [9.17, 15) is 29.4 Å². The van der Waals surface area contributed by atoms with Crippen molar-refractivity contribution in [3.05, 3.63) is 79.6 Å². The Labute approximate surface area is 292 Å². The van der Waals surface area contributed by atoms with Crippen molar-refractivity contribution in [2.45, 2.75) is 102 Å². The number of carbonyl (C=O) groups excluding carboxylic acids is 2. The lowest BCUT2D eigenvalue weighted by atomic mass is 9.87. The Bertz CT molecular complexity index is 1660. The molecule has 2 saturated carbocycles. The highest BCUT2D eigenvalue weighted by molar-refractivity contribution is 5.83. The Morgan fingerprint density at radius 3 is 1.44 bits per heavy atom. The number of aromatic nitrogens is 2. The van der Waals surface area contributed by atoms with Crippen LogP contribution in [0.15, 0.2) is 46.0 Å². The molecule has 268 valence electrons. The van der Waals surface area contributed by atoms with Gasteiger partial charge in [0, 0.05) is 84.6 Å². The van der Waals surface area contributed by atoms with Gasteiger partial charge in [0.15, 0.2) is 0 Å². The van der Waals surface area contributed by atoms with E-state index in [4.69, 9.17) is 0 Å². The predicted molar refractivity (Wildman–Crippen MR) is 190 cm³/mol. The summed E-state index contributed by atoms with van der Waals surface area (Å²) < 4.78 is 3.58. The van der Waals surface area contributed by atoms with Crippen LogP contribution >= 0.6 is 0 Å². The minimum atomic E-state index is -0.389. The number of amides is 2. The van der Waals surface area contributed by atoms with E-state index < -0.39 is 0 Å². The monoisotopic (exact) mass is 686 g/mol. The average Bonchev–Trinajstić information content (AvgIpc) is 3.82. The second-order valence-corrected chi connectivity index (χ2v) is 14.8. The van der Waals surface area contributed by atoms with Gasteiger partial charge in [0.05, 0.1) is 24.2 Å². The first kappa shape index (κ1) is 34.6. The number of fused-ring (bicyclic) bond motifs is 6. The molecule has 50 heavy (non-hydrogen) atoms. The summed E-state index contributed by atoms with van der Waals surface area (Å²) in [6.07, 6.45) is 13.9. The van der Waals surface area contributed by atoms with Gasteiger partial charge in [-0.15, -0.1) is 0 Å². The highest BCUT2D eigenvalue weighted by atomic mass is 16.3. The third-order valence-electron chi connectivity index (χ3n) is 12.0. The number of rotatable bonds is 8. The van der Waals surface area contributed by atoms with Crippen molar-refractivity contribution in [3.8, 4) is 0 Å². The molecule has 4 aliphatic heterocycles. The third kappa shape index (κ3) is 6.10. The molecule has 8 atom stereocenters. The number of aliphatic hydroxyl groups excluding tert-OH is 2. The van der Waals surface area contributed by atoms with Gasteiger partial charge in [-0.1, -0.05) is 24.3 Å². The van der Waals surface area contributed by atoms with Crippen molar-refractivity contribution in [2.75, 3.05) is 13.2 Å². The highest BCUT2D eigenvalue weighted by Crippen LogP contribution is 2.44. The van der Waals surface area contributed by atoms with E-state index in [-0.39, 0.29) is 96.1 Å². The number of nitrogens with zero attached hydrogens (tertiary/aromatic N) is 2. The fourth-order valence-corrected chi connectivity index (χ4v) is 8.84. The molecule has 0 radical (unpaired) electrons. The lowest BCUT2D eigenvalue weighted by molar-refractivity contribution is -0.126. The van der Waals surface area contributed by atoms with E-state index in [2.05, 4.69) is 21.3 Å². The number of pyridine rings is 2. The van der Waals surface area contributed by atoms with Crippen molar-refractivity contribution < 1.29 is 19.8 Å². The quantitative estimate of drug-likeness (QED) is 0.244. The number of carbonyl (C=O) groups is 2. The number of hydrogen-bond donors (Lipinski definition) is 6. The maximum Gasteiger partial charge on any atom is 0.258 e. The minimum absolute atomic E-state index is 0.000964.